The van der Waals surface area contributed by atoms with Crippen molar-refractivity contribution in [1.82, 2.24) is 19.6 Å². The maximum absolute atomic E-state index is 11.8. The van der Waals surface area contributed by atoms with Crippen LogP contribution in [0.15, 0.2) is 23.4 Å². The molecule has 108 valence electrons. The van der Waals surface area contributed by atoms with Gasteiger partial charge in [-0.1, -0.05) is 11.6 Å². The van der Waals surface area contributed by atoms with E-state index >= 15 is 0 Å². The van der Waals surface area contributed by atoms with Crippen LogP contribution in [0.3, 0.4) is 0 Å². The number of hydrogen-bond acceptors (Lipinski definition) is 5. The van der Waals surface area contributed by atoms with Crippen molar-refractivity contribution in [3.63, 3.8) is 0 Å². The molecular weight excluding hydrogens is 282 g/mol. The zero-order chi connectivity index (χ0) is 14.5. The highest BCUT2D eigenvalue weighted by atomic mass is 35.5. The Balaban J connectivity index is 1.99. The third-order valence-electron chi connectivity index (χ3n) is 2.78. The molecule has 0 saturated heterocycles. The van der Waals surface area contributed by atoms with Crippen molar-refractivity contribution < 1.29 is 5.11 Å². The molecule has 0 atom stereocenters. The molecule has 2 aromatic rings. The summed E-state index contributed by atoms with van der Waals surface area (Å²) in [6, 6.07) is 0. The highest BCUT2D eigenvalue weighted by Crippen LogP contribution is 2.15. The number of nitrogens with zero attached hydrogens (tertiary/aromatic N) is 4. The van der Waals surface area contributed by atoms with Crippen LogP contribution in [0, 0.1) is 0 Å². The molecule has 0 fully saturated rings. The van der Waals surface area contributed by atoms with Crippen LogP contribution < -0.4 is 10.9 Å². The topological polar surface area (TPSA) is 85.0 Å². The van der Waals surface area contributed by atoms with Gasteiger partial charge in [0.2, 0.25) is 0 Å². The predicted octanol–water partition coefficient (Wildman–Crippen LogP) is 0.277. The number of halogens is 1. The summed E-state index contributed by atoms with van der Waals surface area (Å²) < 4.78 is 2.87. The zero-order valence-electron chi connectivity index (χ0n) is 11.1. The lowest BCUT2D eigenvalue weighted by molar-refractivity contribution is 0.266. The molecule has 2 aromatic heterocycles. The lowest BCUT2D eigenvalue weighted by atomic mass is 10.2. The monoisotopic (exact) mass is 297 g/mol. The molecule has 7 nitrogen and oxygen atoms in total. The average molecular weight is 298 g/mol. The molecule has 0 aliphatic heterocycles. The van der Waals surface area contributed by atoms with Crippen molar-refractivity contribution >= 4 is 17.3 Å². The average Bonchev–Trinajstić information content (AvgIpc) is 2.84. The van der Waals surface area contributed by atoms with Crippen LogP contribution in [-0.2, 0) is 20.0 Å². The predicted molar refractivity (Wildman–Crippen MR) is 76.0 cm³/mol. The minimum Gasteiger partial charge on any atom is -0.394 e. The molecule has 0 aliphatic carbocycles. The molecule has 0 amide bonds. The fraction of sp³-hybridized carbons (Fsp3) is 0.417. The third kappa shape index (κ3) is 3.37. The van der Waals surface area contributed by atoms with Gasteiger partial charge >= 0.3 is 0 Å². The Bertz CT molecular complexity index is 637. The van der Waals surface area contributed by atoms with Gasteiger partial charge in [-0.15, -0.1) is 0 Å². The van der Waals surface area contributed by atoms with Gasteiger partial charge in [-0.2, -0.15) is 10.2 Å². The molecule has 0 aromatic carbocycles. The fourth-order valence-electron chi connectivity index (χ4n) is 1.78. The Morgan fingerprint density at radius 1 is 1.40 bits per heavy atom. The van der Waals surface area contributed by atoms with E-state index in [2.05, 4.69) is 15.5 Å². The smallest absolute Gasteiger partial charge is 0.287 e. The maximum atomic E-state index is 11.8. The van der Waals surface area contributed by atoms with Gasteiger partial charge in [0.05, 0.1) is 31.2 Å². The number of aliphatic hydroxyl groups is 1. The van der Waals surface area contributed by atoms with E-state index in [0.717, 1.165) is 16.7 Å². The summed E-state index contributed by atoms with van der Waals surface area (Å²) in [6.07, 6.45) is 5.98. The van der Waals surface area contributed by atoms with Gasteiger partial charge in [-0.05, 0) is 12.0 Å². The van der Waals surface area contributed by atoms with Crippen LogP contribution in [0.2, 0.25) is 5.02 Å². The first-order valence-electron chi connectivity index (χ1n) is 6.19. The number of aromatic nitrogens is 4. The Hall–Kier alpha value is -1.86. The van der Waals surface area contributed by atoms with Gasteiger partial charge in [-0.3, -0.25) is 9.48 Å². The molecule has 20 heavy (non-hydrogen) atoms. The second kappa shape index (κ2) is 6.53. The molecule has 0 radical (unpaired) electrons. The van der Waals surface area contributed by atoms with Crippen LogP contribution in [0.25, 0.3) is 0 Å². The molecular formula is C12H16ClN5O2. The van der Waals surface area contributed by atoms with Gasteiger partial charge in [0.1, 0.15) is 5.02 Å². The first kappa shape index (κ1) is 14.5. The Morgan fingerprint density at radius 3 is 2.85 bits per heavy atom. The normalized spacial score (nSPS) is 10.8. The molecule has 0 unspecified atom stereocenters. The molecule has 2 N–H and O–H groups in total. The largest absolute Gasteiger partial charge is 0.394 e. The molecule has 8 heteroatoms. The highest BCUT2D eigenvalue weighted by molar-refractivity contribution is 6.32. The summed E-state index contributed by atoms with van der Waals surface area (Å²) in [6.45, 7) is 0.599. The van der Waals surface area contributed by atoms with Crippen LogP contribution in [0.1, 0.15) is 5.56 Å². The Kier molecular flexibility index (Phi) is 4.75. The molecule has 0 aliphatic rings. The Labute approximate surface area is 120 Å². The van der Waals surface area contributed by atoms with Crippen molar-refractivity contribution in [3.8, 4) is 0 Å². The second-order valence-electron chi connectivity index (χ2n) is 4.32. The summed E-state index contributed by atoms with van der Waals surface area (Å²) in [4.78, 5) is 11.8. The van der Waals surface area contributed by atoms with Crippen LogP contribution >= 0.6 is 11.6 Å². The van der Waals surface area contributed by atoms with Crippen molar-refractivity contribution in [1.29, 1.82) is 0 Å². The quantitative estimate of drug-likeness (QED) is 0.800. The summed E-state index contributed by atoms with van der Waals surface area (Å²) in [7, 11) is 1.86. The lowest BCUT2D eigenvalue weighted by Gasteiger charge is -2.09. The van der Waals surface area contributed by atoms with Gasteiger partial charge in [-0.25, -0.2) is 4.68 Å². The highest BCUT2D eigenvalue weighted by Gasteiger charge is 2.08. The van der Waals surface area contributed by atoms with Crippen LogP contribution in [0.4, 0.5) is 5.69 Å². The molecule has 0 spiro atoms. The minimum atomic E-state index is -0.410. The summed E-state index contributed by atoms with van der Waals surface area (Å²) in [5, 5.41) is 20.0. The minimum absolute atomic E-state index is 0.0830. The summed E-state index contributed by atoms with van der Waals surface area (Å²) in [5.74, 6) is 0. The van der Waals surface area contributed by atoms with Gasteiger partial charge in [0.25, 0.3) is 5.56 Å². The van der Waals surface area contributed by atoms with Crippen molar-refractivity contribution in [2.24, 2.45) is 7.05 Å². The van der Waals surface area contributed by atoms with Gasteiger partial charge < -0.3 is 10.4 Å². The van der Waals surface area contributed by atoms with Crippen molar-refractivity contribution in [2.75, 3.05) is 18.5 Å². The first-order chi connectivity index (χ1) is 9.61. The summed E-state index contributed by atoms with van der Waals surface area (Å²) in [5.41, 5.74) is 1.18. The molecule has 2 rings (SSSR count). The SMILES string of the molecule is Cn1cc(CCNc2cnn(CCO)c(=O)c2Cl)cn1. The third-order valence-corrected chi connectivity index (χ3v) is 3.15. The van der Waals surface area contributed by atoms with E-state index in [-0.39, 0.29) is 18.2 Å². The number of aryl methyl sites for hydroxylation is 1. The van der Waals surface area contributed by atoms with Crippen LogP contribution in [-0.4, -0.2) is 37.8 Å². The maximum Gasteiger partial charge on any atom is 0.287 e. The number of anilines is 1. The van der Waals surface area contributed by atoms with E-state index in [0.29, 0.717) is 12.2 Å². The number of hydrogen-bond donors (Lipinski definition) is 2. The summed E-state index contributed by atoms with van der Waals surface area (Å²) >= 11 is 5.99. The van der Waals surface area contributed by atoms with E-state index in [1.54, 1.807) is 10.9 Å². The standard InChI is InChI=1S/C12H16ClN5O2/c1-17-8-9(6-15-17)2-3-14-10-7-16-18(4-5-19)12(20)11(10)13/h6-8,14,19H,2-5H2,1H3. The van der Waals surface area contributed by atoms with Crippen molar-refractivity contribution in [2.45, 2.75) is 13.0 Å². The number of aliphatic hydroxyl groups excluding tert-OH is 1. The molecule has 2 heterocycles. The fourth-order valence-corrected chi connectivity index (χ4v) is 2.00. The van der Waals surface area contributed by atoms with Gasteiger partial charge in [0, 0.05) is 19.8 Å². The van der Waals surface area contributed by atoms with E-state index in [1.165, 1.54) is 6.20 Å². The lowest BCUT2D eigenvalue weighted by Crippen LogP contribution is -2.25. The Morgan fingerprint density at radius 2 is 2.20 bits per heavy atom. The second-order valence-corrected chi connectivity index (χ2v) is 4.70. The number of rotatable bonds is 6. The first-order valence-corrected chi connectivity index (χ1v) is 6.57. The van der Waals surface area contributed by atoms with Crippen molar-refractivity contribution in [3.05, 3.63) is 39.5 Å². The number of nitrogens with one attached hydrogen (secondary N) is 1. The van der Waals surface area contributed by atoms with Gasteiger partial charge in [0.15, 0.2) is 0 Å². The molecule has 0 saturated carbocycles. The van der Waals surface area contributed by atoms with E-state index in [1.807, 2.05) is 13.2 Å². The van der Waals surface area contributed by atoms with E-state index in [9.17, 15) is 4.79 Å². The van der Waals surface area contributed by atoms with E-state index < -0.39 is 5.56 Å². The van der Waals surface area contributed by atoms with Crippen LogP contribution in [0.5, 0.6) is 0 Å². The molecule has 0 bridgehead atoms. The van der Waals surface area contributed by atoms with E-state index in [4.69, 9.17) is 16.7 Å². The zero-order valence-corrected chi connectivity index (χ0v) is 11.8.